The minimum atomic E-state index is -1.71. The molecule has 0 spiro atoms. The zero-order valence-electron chi connectivity index (χ0n) is 10.6. The summed E-state index contributed by atoms with van der Waals surface area (Å²) in [6.45, 7) is 2.98. The number of carboxylic acid groups (broad SMARTS) is 1. The quantitative estimate of drug-likeness (QED) is 0.612. The first-order valence-electron chi connectivity index (χ1n) is 5.55. The van der Waals surface area contributed by atoms with Crippen LogP contribution in [0, 0.1) is 0 Å². The van der Waals surface area contributed by atoms with E-state index in [0.717, 1.165) is 6.20 Å². The lowest BCUT2D eigenvalue weighted by atomic mass is 10.1. The standard InChI is InChI=1S/C11H15N3O5/c1-3-19-10(17)11(2,18)6-14-8-5-12-7(4-13-8)9(15)16/h4-5,18H,3,6H2,1-2H3,(H,13,14)(H,15,16). The van der Waals surface area contributed by atoms with Gasteiger partial charge in [-0.1, -0.05) is 0 Å². The molecular weight excluding hydrogens is 254 g/mol. The predicted octanol–water partition coefficient (Wildman–Crippen LogP) is -0.0992. The lowest BCUT2D eigenvalue weighted by Gasteiger charge is -2.21. The summed E-state index contributed by atoms with van der Waals surface area (Å²) < 4.78 is 4.70. The lowest BCUT2D eigenvalue weighted by molar-refractivity contribution is -0.161. The number of carbonyl (C=O) groups excluding carboxylic acids is 1. The molecule has 0 bridgehead atoms. The Labute approximate surface area is 109 Å². The summed E-state index contributed by atoms with van der Waals surface area (Å²) in [4.78, 5) is 29.4. The molecule has 8 heteroatoms. The molecule has 0 aliphatic heterocycles. The highest BCUT2D eigenvalue weighted by atomic mass is 16.5. The van der Waals surface area contributed by atoms with Gasteiger partial charge in [-0.15, -0.1) is 0 Å². The summed E-state index contributed by atoms with van der Waals surface area (Å²) >= 11 is 0. The van der Waals surface area contributed by atoms with E-state index < -0.39 is 17.5 Å². The van der Waals surface area contributed by atoms with Crippen LogP contribution in [0.2, 0.25) is 0 Å². The highest BCUT2D eigenvalue weighted by Gasteiger charge is 2.31. The first-order valence-corrected chi connectivity index (χ1v) is 5.55. The van der Waals surface area contributed by atoms with E-state index in [1.165, 1.54) is 13.1 Å². The molecule has 8 nitrogen and oxygen atoms in total. The second kappa shape index (κ2) is 6.10. The number of esters is 1. The fraction of sp³-hybridized carbons (Fsp3) is 0.455. The number of nitrogens with one attached hydrogen (secondary N) is 1. The molecule has 0 radical (unpaired) electrons. The molecule has 0 amide bonds. The zero-order valence-corrected chi connectivity index (χ0v) is 10.6. The second-order valence-electron chi connectivity index (χ2n) is 3.94. The summed E-state index contributed by atoms with van der Waals surface area (Å²) in [6.07, 6.45) is 2.27. The van der Waals surface area contributed by atoms with Crippen LogP contribution in [0.3, 0.4) is 0 Å². The molecule has 0 fully saturated rings. The highest BCUT2D eigenvalue weighted by Crippen LogP contribution is 2.09. The Morgan fingerprint density at radius 3 is 2.58 bits per heavy atom. The third kappa shape index (κ3) is 4.18. The summed E-state index contributed by atoms with van der Waals surface area (Å²) in [6, 6.07) is 0. The molecule has 1 atom stereocenters. The minimum Gasteiger partial charge on any atom is -0.476 e. The normalized spacial score (nSPS) is 13.4. The van der Waals surface area contributed by atoms with E-state index in [-0.39, 0.29) is 24.7 Å². The maximum absolute atomic E-state index is 11.4. The monoisotopic (exact) mass is 269 g/mol. The molecule has 104 valence electrons. The maximum Gasteiger partial charge on any atom is 0.356 e. The van der Waals surface area contributed by atoms with Crippen LogP contribution in [0.4, 0.5) is 5.82 Å². The largest absolute Gasteiger partial charge is 0.476 e. The van der Waals surface area contributed by atoms with Crippen molar-refractivity contribution in [2.45, 2.75) is 19.4 Å². The summed E-state index contributed by atoms with van der Waals surface area (Å²) in [5.74, 6) is -1.69. The Bertz CT molecular complexity index is 458. The molecule has 0 aliphatic carbocycles. The Morgan fingerprint density at radius 2 is 2.11 bits per heavy atom. The number of aromatic nitrogens is 2. The van der Waals surface area contributed by atoms with Crippen molar-refractivity contribution in [2.24, 2.45) is 0 Å². The number of hydrogen-bond acceptors (Lipinski definition) is 7. The SMILES string of the molecule is CCOC(=O)C(C)(O)CNc1cnc(C(=O)O)cn1. The summed E-state index contributed by atoms with van der Waals surface area (Å²) in [5, 5.41) is 21.2. The summed E-state index contributed by atoms with van der Waals surface area (Å²) in [5.41, 5.74) is -1.90. The molecule has 1 aromatic heterocycles. The molecule has 3 N–H and O–H groups in total. The fourth-order valence-electron chi connectivity index (χ4n) is 1.15. The van der Waals surface area contributed by atoms with Crippen LogP contribution in [0.15, 0.2) is 12.4 Å². The number of aromatic carboxylic acids is 1. The van der Waals surface area contributed by atoms with Gasteiger partial charge in [0.05, 0.1) is 25.5 Å². The van der Waals surface area contributed by atoms with Crippen LogP contribution < -0.4 is 5.32 Å². The number of carboxylic acids is 1. The molecule has 1 aromatic rings. The Hall–Kier alpha value is -2.22. The van der Waals surface area contributed by atoms with Gasteiger partial charge in [0.2, 0.25) is 0 Å². The first-order chi connectivity index (χ1) is 8.86. The third-order valence-electron chi connectivity index (χ3n) is 2.20. The van der Waals surface area contributed by atoms with E-state index in [1.54, 1.807) is 6.92 Å². The van der Waals surface area contributed by atoms with Crippen molar-refractivity contribution in [2.75, 3.05) is 18.5 Å². The number of aliphatic hydroxyl groups is 1. The van der Waals surface area contributed by atoms with Crippen molar-refractivity contribution in [1.82, 2.24) is 9.97 Å². The maximum atomic E-state index is 11.4. The van der Waals surface area contributed by atoms with Crippen LogP contribution >= 0.6 is 0 Å². The zero-order chi connectivity index (χ0) is 14.5. The number of rotatable bonds is 6. The van der Waals surface area contributed by atoms with E-state index in [4.69, 9.17) is 9.84 Å². The van der Waals surface area contributed by atoms with E-state index in [1.807, 2.05) is 0 Å². The van der Waals surface area contributed by atoms with Gasteiger partial charge in [-0.2, -0.15) is 0 Å². The van der Waals surface area contributed by atoms with E-state index >= 15 is 0 Å². The van der Waals surface area contributed by atoms with Gasteiger partial charge in [-0.3, -0.25) is 0 Å². The number of nitrogens with zero attached hydrogens (tertiary/aromatic N) is 2. The molecular formula is C11H15N3O5. The van der Waals surface area contributed by atoms with Crippen molar-refractivity contribution in [3.63, 3.8) is 0 Å². The van der Waals surface area contributed by atoms with Gasteiger partial charge < -0.3 is 20.3 Å². The minimum absolute atomic E-state index is 0.132. The molecule has 0 saturated heterocycles. The average Bonchev–Trinajstić information content (AvgIpc) is 2.37. The van der Waals surface area contributed by atoms with Crippen molar-refractivity contribution in [3.8, 4) is 0 Å². The van der Waals surface area contributed by atoms with Gasteiger partial charge in [-0.25, -0.2) is 19.6 Å². The van der Waals surface area contributed by atoms with Crippen molar-refractivity contribution in [1.29, 1.82) is 0 Å². The molecule has 0 aliphatic rings. The van der Waals surface area contributed by atoms with Crippen molar-refractivity contribution in [3.05, 3.63) is 18.1 Å². The Morgan fingerprint density at radius 1 is 1.42 bits per heavy atom. The van der Waals surface area contributed by atoms with Crippen LogP contribution in [-0.4, -0.2) is 50.9 Å². The van der Waals surface area contributed by atoms with Gasteiger partial charge >= 0.3 is 11.9 Å². The number of anilines is 1. The molecule has 0 aromatic carbocycles. The van der Waals surface area contributed by atoms with Crippen LogP contribution in [0.1, 0.15) is 24.3 Å². The third-order valence-corrected chi connectivity index (χ3v) is 2.20. The van der Waals surface area contributed by atoms with Crippen LogP contribution in [-0.2, 0) is 9.53 Å². The molecule has 1 unspecified atom stereocenters. The average molecular weight is 269 g/mol. The topological polar surface area (TPSA) is 122 Å². The molecule has 19 heavy (non-hydrogen) atoms. The number of ether oxygens (including phenoxy) is 1. The van der Waals surface area contributed by atoms with Gasteiger partial charge in [0.1, 0.15) is 5.82 Å². The van der Waals surface area contributed by atoms with Gasteiger partial charge in [-0.05, 0) is 13.8 Å². The van der Waals surface area contributed by atoms with Crippen molar-refractivity contribution >= 4 is 17.8 Å². The van der Waals surface area contributed by atoms with Crippen LogP contribution in [0.25, 0.3) is 0 Å². The second-order valence-corrected chi connectivity index (χ2v) is 3.94. The van der Waals surface area contributed by atoms with E-state index in [0.29, 0.717) is 0 Å². The number of carbonyl (C=O) groups is 2. The van der Waals surface area contributed by atoms with Crippen LogP contribution in [0.5, 0.6) is 0 Å². The van der Waals surface area contributed by atoms with Gasteiger partial charge in [0.15, 0.2) is 11.3 Å². The Kier molecular flexibility index (Phi) is 4.76. The van der Waals surface area contributed by atoms with Crippen molar-refractivity contribution < 1.29 is 24.5 Å². The van der Waals surface area contributed by atoms with E-state index in [9.17, 15) is 14.7 Å². The predicted molar refractivity (Wildman–Crippen MR) is 64.7 cm³/mol. The smallest absolute Gasteiger partial charge is 0.356 e. The number of hydrogen-bond donors (Lipinski definition) is 3. The first kappa shape index (κ1) is 14.8. The lowest BCUT2D eigenvalue weighted by Crippen LogP contribution is -2.43. The summed E-state index contributed by atoms with van der Waals surface area (Å²) in [7, 11) is 0. The molecule has 0 saturated carbocycles. The highest BCUT2D eigenvalue weighted by molar-refractivity contribution is 5.85. The fourth-order valence-corrected chi connectivity index (χ4v) is 1.15. The van der Waals surface area contributed by atoms with Gasteiger partial charge in [0, 0.05) is 0 Å². The van der Waals surface area contributed by atoms with Gasteiger partial charge in [0.25, 0.3) is 0 Å². The van der Waals surface area contributed by atoms with E-state index in [2.05, 4.69) is 15.3 Å². The molecule has 1 rings (SSSR count). The molecule has 1 heterocycles. The Balaban J connectivity index is 2.61.